The molecule has 3 rings (SSSR count). The molecule has 0 saturated carbocycles. The number of benzene rings is 2. The summed E-state index contributed by atoms with van der Waals surface area (Å²) in [6.07, 6.45) is 1.44. The van der Waals surface area contributed by atoms with Gasteiger partial charge in [0.05, 0.1) is 19.7 Å². The van der Waals surface area contributed by atoms with Gasteiger partial charge in [-0.3, -0.25) is 4.79 Å². The number of hydrogen-bond acceptors (Lipinski definition) is 4. The van der Waals surface area contributed by atoms with Crippen LogP contribution in [0, 0.1) is 11.5 Å². The first kappa shape index (κ1) is 15.1. The zero-order valence-corrected chi connectivity index (χ0v) is 12.6. The zero-order valence-electron chi connectivity index (χ0n) is 12.6. The van der Waals surface area contributed by atoms with E-state index in [9.17, 15) is 4.79 Å². The Morgan fingerprint density at radius 2 is 1.83 bits per heavy atom. The highest BCUT2D eigenvalue weighted by molar-refractivity contribution is 5.94. The van der Waals surface area contributed by atoms with Crippen LogP contribution in [0.2, 0.25) is 0 Å². The summed E-state index contributed by atoms with van der Waals surface area (Å²) in [5, 5.41) is 11.7. The third-order valence-electron chi connectivity index (χ3n) is 3.76. The molecule has 1 fully saturated rings. The fourth-order valence-electron chi connectivity index (χ4n) is 2.50. The van der Waals surface area contributed by atoms with E-state index in [0.29, 0.717) is 25.4 Å². The number of morpholine rings is 1. The Kier molecular flexibility index (Phi) is 4.55. The first-order chi connectivity index (χ1) is 11.3. The molecule has 0 radical (unpaired) electrons. The van der Waals surface area contributed by atoms with E-state index in [0.717, 1.165) is 11.1 Å². The lowest BCUT2D eigenvalue weighted by Gasteiger charge is -2.28. The second kappa shape index (κ2) is 6.95. The van der Waals surface area contributed by atoms with E-state index in [2.05, 4.69) is 11.5 Å². The van der Waals surface area contributed by atoms with Gasteiger partial charge in [0.25, 0.3) is 5.91 Å². The molecule has 1 heterocycles. The van der Waals surface area contributed by atoms with Crippen molar-refractivity contribution >= 4 is 11.6 Å². The minimum atomic E-state index is -0.614. The van der Waals surface area contributed by atoms with E-state index in [-0.39, 0.29) is 5.91 Å². The number of nitrogens with zero attached hydrogens (tertiary/aromatic N) is 2. The van der Waals surface area contributed by atoms with Crippen LogP contribution < -0.4 is 5.32 Å². The van der Waals surface area contributed by atoms with Gasteiger partial charge < -0.3 is 15.0 Å². The van der Waals surface area contributed by atoms with Crippen LogP contribution in [0.3, 0.4) is 0 Å². The van der Waals surface area contributed by atoms with Gasteiger partial charge >= 0.3 is 0 Å². The molecule has 23 heavy (non-hydrogen) atoms. The van der Waals surface area contributed by atoms with E-state index < -0.39 is 6.10 Å². The van der Waals surface area contributed by atoms with Crippen molar-refractivity contribution in [3.05, 3.63) is 54.6 Å². The molecule has 0 aliphatic carbocycles. The smallest absolute Gasteiger partial charge is 0.255 e. The molecule has 2 aromatic carbocycles. The number of rotatable bonds is 3. The quantitative estimate of drug-likeness (QED) is 0.885. The van der Waals surface area contributed by atoms with E-state index >= 15 is 0 Å². The predicted octanol–water partition coefficient (Wildman–Crippen LogP) is 2.47. The summed E-state index contributed by atoms with van der Waals surface area (Å²) < 4.78 is 5.43. The van der Waals surface area contributed by atoms with Crippen molar-refractivity contribution in [2.75, 3.05) is 25.0 Å². The molecule has 1 unspecified atom stereocenters. The van der Waals surface area contributed by atoms with Gasteiger partial charge in [0, 0.05) is 5.69 Å². The van der Waals surface area contributed by atoms with Gasteiger partial charge in [-0.15, -0.1) is 0 Å². The van der Waals surface area contributed by atoms with E-state index in [1.54, 1.807) is 0 Å². The van der Waals surface area contributed by atoms with Crippen LogP contribution in [0.25, 0.3) is 11.1 Å². The molecular formula is C18H17N3O2. The van der Waals surface area contributed by atoms with Gasteiger partial charge in [0.15, 0.2) is 12.3 Å². The fraction of sp³-hybridized carbons (Fsp3) is 0.222. The maximum Gasteiger partial charge on any atom is 0.255 e. The van der Waals surface area contributed by atoms with E-state index in [4.69, 9.17) is 10.00 Å². The third kappa shape index (κ3) is 3.68. The molecular weight excluding hydrogens is 290 g/mol. The summed E-state index contributed by atoms with van der Waals surface area (Å²) in [5.41, 5.74) is 2.94. The number of carbonyl (C=O) groups is 1. The number of nitrogens with one attached hydrogen (secondary N) is 1. The largest absolute Gasteiger partial charge is 0.365 e. The van der Waals surface area contributed by atoms with Crippen molar-refractivity contribution in [1.29, 1.82) is 5.26 Å². The third-order valence-corrected chi connectivity index (χ3v) is 3.76. The monoisotopic (exact) mass is 307 g/mol. The zero-order chi connectivity index (χ0) is 16.1. The SMILES string of the molecule is N#CN1CCOC(C(=O)Nc2ccc(-c3ccccc3)cc2)C1. The summed E-state index contributed by atoms with van der Waals surface area (Å²) in [6.45, 7) is 1.22. The average molecular weight is 307 g/mol. The van der Waals surface area contributed by atoms with Crippen molar-refractivity contribution in [2.45, 2.75) is 6.10 Å². The Morgan fingerprint density at radius 3 is 2.52 bits per heavy atom. The number of ether oxygens (including phenoxy) is 1. The highest BCUT2D eigenvalue weighted by Crippen LogP contribution is 2.21. The summed E-state index contributed by atoms with van der Waals surface area (Å²) in [5.74, 6) is -0.225. The molecule has 1 atom stereocenters. The van der Waals surface area contributed by atoms with Gasteiger partial charge in [-0.05, 0) is 23.3 Å². The number of amides is 1. The Morgan fingerprint density at radius 1 is 1.13 bits per heavy atom. The van der Waals surface area contributed by atoms with Crippen molar-refractivity contribution in [3.8, 4) is 17.3 Å². The second-order valence-corrected chi connectivity index (χ2v) is 5.34. The minimum Gasteiger partial charge on any atom is -0.365 e. The van der Waals surface area contributed by atoms with Crippen molar-refractivity contribution in [3.63, 3.8) is 0 Å². The molecule has 0 bridgehead atoms. The van der Waals surface area contributed by atoms with Gasteiger partial charge in [0.2, 0.25) is 0 Å². The molecule has 1 saturated heterocycles. The molecule has 5 heteroatoms. The lowest BCUT2D eigenvalue weighted by atomic mass is 10.1. The number of anilines is 1. The van der Waals surface area contributed by atoms with Crippen LogP contribution in [-0.2, 0) is 9.53 Å². The summed E-state index contributed by atoms with van der Waals surface area (Å²) >= 11 is 0. The number of hydrogen-bond donors (Lipinski definition) is 1. The van der Waals surface area contributed by atoms with Crippen LogP contribution >= 0.6 is 0 Å². The summed E-state index contributed by atoms with van der Waals surface area (Å²) in [4.78, 5) is 13.7. The van der Waals surface area contributed by atoms with Crippen LogP contribution in [-0.4, -0.2) is 36.6 Å². The molecule has 1 aliphatic heterocycles. The van der Waals surface area contributed by atoms with Crippen molar-refractivity contribution in [1.82, 2.24) is 4.90 Å². The Bertz CT molecular complexity index is 707. The Hall–Kier alpha value is -2.84. The molecule has 5 nitrogen and oxygen atoms in total. The molecule has 2 aromatic rings. The normalized spacial score (nSPS) is 17.3. The van der Waals surface area contributed by atoms with Crippen LogP contribution in [0.4, 0.5) is 5.69 Å². The first-order valence-corrected chi connectivity index (χ1v) is 7.49. The minimum absolute atomic E-state index is 0.225. The standard InChI is InChI=1S/C18H17N3O2/c19-13-21-10-11-23-17(12-21)18(22)20-16-8-6-15(7-9-16)14-4-2-1-3-5-14/h1-9,17H,10-12H2,(H,20,22). The molecule has 1 N–H and O–H groups in total. The Labute approximate surface area is 135 Å². The van der Waals surface area contributed by atoms with Gasteiger partial charge in [-0.25, -0.2) is 0 Å². The van der Waals surface area contributed by atoms with Crippen molar-refractivity contribution in [2.24, 2.45) is 0 Å². The van der Waals surface area contributed by atoms with E-state index in [1.165, 1.54) is 4.90 Å². The van der Waals surface area contributed by atoms with Gasteiger partial charge in [0.1, 0.15) is 0 Å². The average Bonchev–Trinajstić information content (AvgIpc) is 2.63. The molecule has 1 aliphatic rings. The highest BCUT2D eigenvalue weighted by atomic mass is 16.5. The van der Waals surface area contributed by atoms with Crippen LogP contribution in [0.5, 0.6) is 0 Å². The molecule has 0 aromatic heterocycles. The van der Waals surface area contributed by atoms with E-state index in [1.807, 2.05) is 54.6 Å². The predicted molar refractivity (Wildman–Crippen MR) is 87.4 cm³/mol. The second-order valence-electron chi connectivity index (χ2n) is 5.34. The summed E-state index contributed by atoms with van der Waals surface area (Å²) in [6, 6.07) is 17.7. The van der Waals surface area contributed by atoms with Gasteiger partial charge in [-0.2, -0.15) is 5.26 Å². The van der Waals surface area contributed by atoms with Crippen molar-refractivity contribution < 1.29 is 9.53 Å². The number of carbonyl (C=O) groups excluding carboxylic acids is 1. The molecule has 0 spiro atoms. The molecule has 116 valence electrons. The highest BCUT2D eigenvalue weighted by Gasteiger charge is 2.26. The maximum atomic E-state index is 12.2. The number of nitriles is 1. The Balaban J connectivity index is 1.64. The van der Waals surface area contributed by atoms with Crippen LogP contribution in [0.1, 0.15) is 0 Å². The van der Waals surface area contributed by atoms with Crippen LogP contribution in [0.15, 0.2) is 54.6 Å². The molecule has 1 amide bonds. The fourth-order valence-corrected chi connectivity index (χ4v) is 2.50. The lowest BCUT2D eigenvalue weighted by Crippen LogP contribution is -2.46. The topological polar surface area (TPSA) is 65.4 Å². The summed E-state index contributed by atoms with van der Waals surface area (Å²) in [7, 11) is 0. The lowest BCUT2D eigenvalue weighted by molar-refractivity contribution is -0.131. The van der Waals surface area contributed by atoms with Gasteiger partial charge in [-0.1, -0.05) is 42.5 Å². The maximum absolute atomic E-state index is 12.2. The first-order valence-electron chi connectivity index (χ1n) is 7.49.